The predicted molar refractivity (Wildman–Crippen MR) is 76.2 cm³/mol. The molecule has 2 heteroatoms. The molecule has 0 aliphatic carbocycles. The Labute approximate surface area is 110 Å². The van der Waals surface area contributed by atoms with Crippen LogP contribution >= 0.6 is 0 Å². The van der Waals surface area contributed by atoms with Crippen molar-refractivity contribution in [1.82, 2.24) is 0 Å². The van der Waals surface area contributed by atoms with Gasteiger partial charge in [-0.25, -0.2) is 0 Å². The smallest absolute Gasteiger partial charge is 0.157 e. The Morgan fingerprint density at radius 2 is 2.06 bits per heavy atom. The fourth-order valence-electron chi connectivity index (χ4n) is 2.67. The van der Waals surface area contributed by atoms with Crippen molar-refractivity contribution in [3.8, 4) is 0 Å². The molecule has 0 spiro atoms. The third-order valence-electron chi connectivity index (χ3n) is 4.11. The second kappa shape index (κ2) is 4.75. The van der Waals surface area contributed by atoms with E-state index >= 15 is 0 Å². The van der Waals surface area contributed by atoms with Crippen molar-refractivity contribution in [2.24, 2.45) is 5.41 Å². The number of anilines is 1. The molecule has 0 N–H and O–H groups in total. The fraction of sp³-hybridized carbons (Fsp3) is 0.562. The molecule has 0 aromatic heterocycles. The molecule has 0 atom stereocenters. The lowest BCUT2D eigenvalue weighted by molar-refractivity contribution is -0.127. The minimum atomic E-state index is -0.147. The lowest BCUT2D eigenvalue weighted by Crippen LogP contribution is -2.45. The second-order valence-corrected chi connectivity index (χ2v) is 5.91. The van der Waals surface area contributed by atoms with Crippen LogP contribution < -0.4 is 4.90 Å². The molecule has 1 saturated heterocycles. The van der Waals surface area contributed by atoms with E-state index in [9.17, 15) is 4.79 Å². The van der Waals surface area contributed by atoms with Crippen LogP contribution in [-0.2, 0) is 11.2 Å². The number of benzene rings is 1. The van der Waals surface area contributed by atoms with E-state index in [4.69, 9.17) is 0 Å². The number of rotatable bonds is 2. The maximum atomic E-state index is 12.2. The third kappa shape index (κ3) is 2.29. The van der Waals surface area contributed by atoms with E-state index in [0.29, 0.717) is 12.3 Å². The highest BCUT2D eigenvalue weighted by molar-refractivity contribution is 5.90. The van der Waals surface area contributed by atoms with E-state index in [0.717, 1.165) is 19.4 Å². The summed E-state index contributed by atoms with van der Waals surface area (Å²) in [4.78, 5) is 14.4. The molecule has 98 valence electrons. The van der Waals surface area contributed by atoms with Gasteiger partial charge in [-0.2, -0.15) is 0 Å². The zero-order valence-corrected chi connectivity index (χ0v) is 11.9. The number of aryl methyl sites for hydroxylation is 2. The van der Waals surface area contributed by atoms with Gasteiger partial charge in [0, 0.05) is 17.6 Å². The van der Waals surface area contributed by atoms with Crippen molar-refractivity contribution < 1.29 is 4.79 Å². The van der Waals surface area contributed by atoms with E-state index in [-0.39, 0.29) is 5.41 Å². The highest BCUT2D eigenvalue weighted by Crippen LogP contribution is 2.33. The summed E-state index contributed by atoms with van der Waals surface area (Å²) >= 11 is 0. The van der Waals surface area contributed by atoms with Crippen molar-refractivity contribution in [3.63, 3.8) is 0 Å². The Morgan fingerprint density at radius 1 is 1.33 bits per heavy atom. The Balaban J connectivity index is 2.31. The standard InChI is InChI=1S/C16H23NO/c1-5-13-8-6-7-12(2)15(13)17-10-9-16(3,4)14(18)11-17/h6-8H,5,9-11H2,1-4H3. The quantitative estimate of drug-likeness (QED) is 0.796. The van der Waals surface area contributed by atoms with Crippen LogP contribution in [0.4, 0.5) is 5.69 Å². The van der Waals surface area contributed by atoms with Crippen molar-refractivity contribution >= 4 is 11.5 Å². The van der Waals surface area contributed by atoms with Crippen LogP contribution in [0, 0.1) is 12.3 Å². The molecule has 0 unspecified atom stereocenters. The molecule has 1 heterocycles. The lowest BCUT2D eigenvalue weighted by atomic mass is 9.81. The monoisotopic (exact) mass is 245 g/mol. The molecule has 1 fully saturated rings. The molecule has 1 aliphatic rings. The topological polar surface area (TPSA) is 20.3 Å². The largest absolute Gasteiger partial charge is 0.364 e. The average molecular weight is 245 g/mol. The number of piperidine rings is 1. The highest BCUT2D eigenvalue weighted by atomic mass is 16.1. The van der Waals surface area contributed by atoms with E-state index in [1.165, 1.54) is 16.8 Å². The van der Waals surface area contributed by atoms with Crippen LogP contribution in [0.2, 0.25) is 0 Å². The first-order valence-corrected chi connectivity index (χ1v) is 6.82. The number of para-hydroxylation sites is 1. The van der Waals surface area contributed by atoms with E-state index in [1.54, 1.807) is 0 Å². The Bertz CT molecular complexity index is 462. The summed E-state index contributed by atoms with van der Waals surface area (Å²) in [7, 11) is 0. The van der Waals surface area contributed by atoms with Gasteiger partial charge in [0.1, 0.15) is 0 Å². The molecule has 18 heavy (non-hydrogen) atoms. The van der Waals surface area contributed by atoms with Crippen LogP contribution in [-0.4, -0.2) is 18.9 Å². The van der Waals surface area contributed by atoms with Gasteiger partial charge in [0.2, 0.25) is 0 Å². The van der Waals surface area contributed by atoms with Gasteiger partial charge in [-0.1, -0.05) is 39.0 Å². The van der Waals surface area contributed by atoms with Crippen molar-refractivity contribution in [2.45, 2.75) is 40.5 Å². The number of hydrogen-bond donors (Lipinski definition) is 0. The van der Waals surface area contributed by atoms with E-state index in [2.05, 4.69) is 50.8 Å². The highest BCUT2D eigenvalue weighted by Gasteiger charge is 2.34. The average Bonchev–Trinajstić information content (AvgIpc) is 2.33. The molecule has 0 bridgehead atoms. The summed E-state index contributed by atoms with van der Waals surface area (Å²) in [6, 6.07) is 6.42. The number of hydrogen-bond acceptors (Lipinski definition) is 2. The minimum Gasteiger partial charge on any atom is -0.364 e. The SMILES string of the molecule is CCc1cccc(C)c1N1CCC(C)(C)C(=O)C1. The number of carbonyl (C=O) groups excluding carboxylic acids is 1. The van der Waals surface area contributed by atoms with Gasteiger partial charge in [0.05, 0.1) is 6.54 Å². The number of carbonyl (C=O) groups is 1. The molecule has 1 aliphatic heterocycles. The molecule has 1 aromatic carbocycles. The molecular formula is C16H23NO. The van der Waals surface area contributed by atoms with Crippen molar-refractivity contribution in [2.75, 3.05) is 18.0 Å². The Hall–Kier alpha value is -1.31. The van der Waals surface area contributed by atoms with Crippen LogP contribution in [0.25, 0.3) is 0 Å². The van der Waals surface area contributed by atoms with Gasteiger partial charge in [-0.3, -0.25) is 4.79 Å². The van der Waals surface area contributed by atoms with Crippen molar-refractivity contribution in [1.29, 1.82) is 0 Å². The van der Waals surface area contributed by atoms with Crippen LogP contribution in [0.15, 0.2) is 18.2 Å². The normalized spacial score (nSPS) is 19.1. The second-order valence-electron chi connectivity index (χ2n) is 5.91. The predicted octanol–water partition coefficient (Wildman–Crippen LogP) is 3.36. The summed E-state index contributed by atoms with van der Waals surface area (Å²) in [6.45, 7) is 9.98. The fourth-order valence-corrected chi connectivity index (χ4v) is 2.67. The first-order chi connectivity index (χ1) is 8.45. The summed E-state index contributed by atoms with van der Waals surface area (Å²) in [5.41, 5.74) is 3.76. The molecular weight excluding hydrogens is 222 g/mol. The van der Waals surface area contributed by atoms with Gasteiger partial charge in [-0.05, 0) is 30.9 Å². The summed E-state index contributed by atoms with van der Waals surface area (Å²) < 4.78 is 0. The molecule has 0 radical (unpaired) electrons. The van der Waals surface area contributed by atoms with Gasteiger partial charge in [-0.15, -0.1) is 0 Å². The zero-order valence-electron chi connectivity index (χ0n) is 11.9. The lowest BCUT2D eigenvalue weighted by Gasteiger charge is -2.38. The molecule has 0 amide bonds. The van der Waals surface area contributed by atoms with E-state index < -0.39 is 0 Å². The van der Waals surface area contributed by atoms with Gasteiger partial charge >= 0.3 is 0 Å². The maximum absolute atomic E-state index is 12.2. The van der Waals surface area contributed by atoms with E-state index in [1.807, 2.05) is 0 Å². The van der Waals surface area contributed by atoms with Gasteiger partial charge < -0.3 is 4.90 Å². The maximum Gasteiger partial charge on any atom is 0.157 e. The Morgan fingerprint density at radius 3 is 2.67 bits per heavy atom. The van der Waals surface area contributed by atoms with Crippen LogP contribution in [0.5, 0.6) is 0 Å². The third-order valence-corrected chi connectivity index (χ3v) is 4.11. The summed E-state index contributed by atoms with van der Waals surface area (Å²) in [5.74, 6) is 0.360. The summed E-state index contributed by atoms with van der Waals surface area (Å²) in [5, 5.41) is 0. The summed E-state index contributed by atoms with van der Waals surface area (Å²) in [6.07, 6.45) is 1.97. The molecule has 2 nitrogen and oxygen atoms in total. The molecule has 2 rings (SSSR count). The molecule has 0 saturated carbocycles. The first kappa shape index (κ1) is 13.1. The number of ketones is 1. The first-order valence-electron chi connectivity index (χ1n) is 6.82. The number of nitrogens with zero attached hydrogens (tertiary/aromatic N) is 1. The minimum absolute atomic E-state index is 0.147. The van der Waals surface area contributed by atoms with Gasteiger partial charge in [0.25, 0.3) is 0 Å². The van der Waals surface area contributed by atoms with Gasteiger partial charge in [0.15, 0.2) is 5.78 Å². The van der Waals surface area contributed by atoms with Crippen molar-refractivity contribution in [3.05, 3.63) is 29.3 Å². The van der Waals surface area contributed by atoms with Crippen LogP contribution in [0.3, 0.4) is 0 Å². The number of Topliss-reactive ketones (excluding diaryl/α,β-unsaturated/α-hetero) is 1. The Kier molecular flexibility index (Phi) is 3.47. The van der Waals surface area contributed by atoms with Crippen LogP contribution in [0.1, 0.15) is 38.3 Å². The molecule has 1 aromatic rings. The zero-order chi connectivity index (χ0) is 13.3.